The van der Waals surface area contributed by atoms with E-state index in [-0.39, 0.29) is 5.91 Å². The molecule has 0 bridgehead atoms. The highest BCUT2D eigenvalue weighted by Gasteiger charge is 2.12. The molecule has 116 valence electrons. The van der Waals surface area contributed by atoms with Crippen LogP contribution < -0.4 is 10.2 Å². The summed E-state index contributed by atoms with van der Waals surface area (Å²) in [5.74, 6) is 3.02. The fraction of sp³-hybridized carbons (Fsp3) is 0.600. The number of nitrogens with zero attached hydrogens (tertiary/aromatic N) is 2. The Labute approximate surface area is 130 Å². The summed E-state index contributed by atoms with van der Waals surface area (Å²) in [6.45, 7) is 5.91. The SMILES string of the molecule is CCSCCC(=O)NCc1ccnc(N2CCOCC2)c1. The molecule has 0 aliphatic carbocycles. The average molecular weight is 309 g/mol. The number of rotatable bonds is 7. The Bertz CT molecular complexity index is 450. The average Bonchev–Trinajstić information content (AvgIpc) is 2.54. The van der Waals surface area contributed by atoms with Crippen molar-refractivity contribution in [3.8, 4) is 0 Å². The molecule has 6 heteroatoms. The van der Waals surface area contributed by atoms with E-state index in [1.807, 2.05) is 12.1 Å². The van der Waals surface area contributed by atoms with E-state index in [0.717, 1.165) is 49.2 Å². The van der Waals surface area contributed by atoms with E-state index < -0.39 is 0 Å². The van der Waals surface area contributed by atoms with Crippen molar-refractivity contribution in [2.45, 2.75) is 19.9 Å². The molecule has 0 unspecified atom stereocenters. The van der Waals surface area contributed by atoms with Crippen molar-refractivity contribution in [2.75, 3.05) is 42.7 Å². The van der Waals surface area contributed by atoms with Gasteiger partial charge in [-0.25, -0.2) is 4.98 Å². The molecule has 1 amide bonds. The topological polar surface area (TPSA) is 54.5 Å². The summed E-state index contributed by atoms with van der Waals surface area (Å²) < 4.78 is 5.35. The van der Waals surface area contributed by atoms with Crippen LogP contribution in [0.25, 0.3) is 0 Å². The van der Waals surface area contributed by atoms with Gasteiger partial charge >= 0.3 is 0 Å². The first-order valence-corrected chi connectivity index (χ1v) is 8.57. The number of thioether (sulfide) groups is 1. The van der Waals surface area contributed by atoms with Gasteiger partial charge in [-0.15, -0.1) is 0 Å². The standard InChI is InChI=1S/C15H23N3O2S/c1-2-21-10-4-15(19)17-12-13-3-5-16-14(11-13)18-6-8-20-9-7-18/h3,5,11H,2,4,6-10,12H2,1H3,(H,17,19). The van der Waals surface area contributed by atoms with Crippen LogP contribution in [0.2, 0.25) is 0 Å². The number of anilines is 1. The second-order valence-electron chi connectivity index (χ2n) is 4.85. The smallest absolute Gasteiger partial charge is 0.221 e. The maximum absolute atomic E-state index is 11.7. The van der Waals surface area contributed by atoms with Crippen molar-refractivity contribution in [2.24, 2.45) is 0 Å². The number of nitrogens with one attached hydrogen (secondary N) is 1. The van der Waals surface area contributed by atoms with Crippen LogP contribution in [0.3, 0.4) is 0 Å². The van der Waals surface area contributed by atoms with Crippen molar-refractivity contribution in [3.05, 3.63) is 23.9 Å². The highest BCUT2D eigenvalue weighted by Crippen LogP contribution is 2.14. The Morgan fingerprint density at radius 2 is 2.29 bits per heavy atom. The molecule has 5 nitrogen and oxygen atoms in total. The van der Waals surface area contributed by atoms with Crippen molar-refractivity contribution in [1.82, 2.24) is 10.3 Å². The fourth-order valence-corrected chi connectivity index (χ4v) is 2.75. The molecule has 2 rings (SSSR count). The summed E-state index contributed by atoms with van der Waals surface area (Å²) in [6, 6.07) is 4.00. The number of morpholine rings is 1. The first-order valence-electron chi connectivity index (χ1n) is 7.41. The van der Waals surface area contributed by atoms with Gasteiger partial charge in [0.25, 0.3) is 0 Å². The molecule has 1 aliphatic rings. The van der Waals surface area contributed by atoms with E-state index in [9.17, 15) is 4.79 Å². The van der Waals surface area contributed by atoms with Crippen LogP contribution in [-0.4, -0.2) is 48.7 Å². The minimum Gasteiger partial charge on any atom is -0.378 e. The summed E-state index contributed by atoms with van der Waals surface area (Å²) in [4.78, 5) is 18.3. The molecule has 0 aromatic carbocycles. The van der Waals surface area contributed by atoms with E-state index in [2.05, 4.69) is 22.1 Å². The summed E-state index contributed by atoms with van der Waals surface area (Å²) in [5.41, 5.74) is 1.09. The molecule has 0 spiro atoms. The quantitative estimate of drug-likeness (QED) is 0.777. The monoisotopic (exact) mass is 309 g/mol. The zero-order valence-electron chi connectivity index (χ0n) is 12.5. The Kier molecular flexibility index (Phi) is 6.82. The van der Waals surface area contributed by atoms with Gasteiger partial charge in [0.1, 0.15) is 5.82 Å². The second-order valence-corrected chi connectivity index (χ2v) is 6.24. The molecular formula is C15H23N3O2S. The van der Waals surface area contributed by atoms with E-state index in [1.165, 1.54) is 0 Å². The van der Waals surface area contributed by atoms with Gasteiger partial charge in [0, 0.05) is 38.0 Å². The van der Waals surface area contributed by atoms with Gasteiger partial charge in [-0.05, 0) is 23.4 Å². The number of amides is 1. The third kappa shape index (κ3) is 5.55. The zero-order chi connectivity index (χ0) is 14.9. The minimum absolute atomic E-state index is 0.112. The lowest BCUT2D eigenvalue weighted by molar-refractivity contribution is -0.120. The molecule has 0 radical (unpaired) electrons. The van der Waals surface area contributed by atoms with E-state index in [1.54, 1.807) is 18.0 Å². The lowest BCUT2D eigenvalue weighted by Gasteiger charge is -2.28. The van der Waals surface area contributed by atoms with Crippen LogP contribution in [0.5, 0.6) is 0 Å². The molecular weight excluding hydrogens is 286 g/mol. The number of hydrogen-bond donors (Lipinski definition) is 1. The molecule has 1 aromatic heterocycles. The molecule has 2 heterocycles. The number of hydrogen-bond acceptors (Lipinski definition) is 5. The summed E-state index contributed by atoms with van der Waals surface area (Å²) in [7, 11) is 0. The van der Waals surface area contributed by atoms with Gasteiger partial charge in [-0.2, -0.15) is 11.8 Å². The van der Waals surface area contributed by atoms with E-state index in [0.29, 0.717) is 13.0 Å². The molecule has 1 aliphatic heterocycles. The largest absolute Gasteiger partial charge is 0.378 e. The molecule has 0 atom stereocenters. The highest BCUT2D eigenvalue weighted by molar-refractivity contribution is 7.99. The Morgan fingerprint density at radius 1 is 1.48 bits per heavy atom. The lowest BCUT2D eigenvalue weighted by atomic mass is 10.2. The second kappa shape index (κ2) is 8.89. The molecule has 1 fully saturated rings. The van der Waals surface area contributed by atoms with Gasteiger partial charge in [-0.3, -0.25) is 4.79 Å². The van der Waals surface area contributed by atoms with Crippen LogP contribution in [0.15, 0.2) is 18.3 Å². The number of aromatic nitrogens is 1. The molecule has 21 heavy (non-hydrogen) atoms. The third-order valence-electron chi connectivity index (χ3n) is 3.31. The van der Waals surface area contributed by atoms with Crippen molar-refractivity contribution < 1.29 is 9.53 Å². The van der Waals surface area contributed by atoms with Gasteiger partial charge in [0.05, 0.1) is 13.2 Å². The van der Waals surface area contributed by atoms with Gasteiger partial charge in [0.2, 0.25) is 5.91 Å². The van der Waals surface area contributed by atoms with E-state index in [4.69, 9.17) is 4.74 Å². The van der Waals surface area contributed by atoms with Gasteiger partial charge in [0.15, 0.2) is 0 Å². The van der Waals surface area contributed by atoms with Crippen molar-refractivity contribution in [1.29, 1.82) is 0 Å². The molecule has 0 saturated carbocycles. The summed E-state index contributed by atoms with van der Waals surface area (Å²) in [6.07, 6.45) is 2.39. The first-order chi connectivity index (χ1) is 10.3. The Balaban J connectivity index is 1.81. The normalized spacial score (nSPS) is 15.0. The van der Waals surface area contributed by atoms with Crippen LogP contribution in [0.1, 0.15) is 18.9 Å². The van der Waals surface area contributed by atoms with Crippen molar-refractivity contribution >= 4 is 23.5 Å². The maximum Gasteiger partial charge on any atom is 0.221 e. The fourth-order valence-electron chi connectivity index (χ4n) is 2.13. The summed E-state index contributed by atoms with van der Waals surface area (Å²) in [5, 5.41) is 2.96. The first kappa shape index (κ1) is 16.1. The Morgan fingerprint density at radius 3 is 3.05 bits per heavy atom. The van der Waals surface area contributed by atoms with E-state index >= 15 is 0 Å². The van der Waals surface area contributed by atoms with Crippen molar-refractivity contribution in [3.63, 3.8) is 0 Å². The molecule has 1 N–H and O–H groups in total. The molecule has 1 saturated heterocycles. The number of carbonyl (C=O) groups is 1. The predicted molar refractivity (Wildman–Crippen MR) is 86.7 cm³/mol. The van der Waals surface area contributed by atoms with Crippen LogP contribution in [-0.2, 0) is 16.1 Å². The zero-order valence-corrected chi connectivity index (χ0v) is 13.3. The number of pyridine rings is 1. The van der Waals surface area contributed by atoms with Crippen LogP contribution in [0, 0.1) is 0 Å². The minimum atomic E-state index is 0.112. The van der Waals surface area contributed by atoms with Crippen LogP contribution >= 0.6 is 11.8 Å². The third-order valence-corrected chi connectivity index (χ3v) is 4.21. The maximum atomic E-state index is 11.7. The highest BCUT2D eigenvalue weighted by atomic mass is 32.2. The van der Waals surface area contributed by atoms with Crippen LogP contribution in [0.4, 0.5) is 5.82 Å². The number of carbonyl (C=O) groups excluding carboxylic acids is 1. The number of ether oxygens (including phenoxy) is 1. The molecule has 1 aromatic rings. The predicted octanol–water partition coefficient (Wildman–Crippen LogP) is 1.68. The summed E-state index contributed by atoms with van der Waals surface area (Å²) >= 11 is 1.79. The Hall–Kier alpha value is -1.27. The lowest BCUT2D eigenvalue weighted by Crippen LogP contribution is -2.36. The van der Waals surface area contributed by atoms with Gasteiger partial charge < -0.3 is 15.0 Å². The van der Waals surface area contributed by atoms with Gasteiger partial charge in [-0.1, -0.05) is 6.92 Å².